The fraction of sp³-hybridized carbons (Fsp3) is 0.217. The molecule has 162 valence electrons. The van der Waals surface area contributed by atoms with E-state index in [1.165, 1.54) is 6.34 Å². The highest BCUT2D eigenvalue weighted by Gasteiger charge is 2.54. The number of carbonyl (C=O) groups is 1. The van der Waals surface area contributed by atoms with Crippen molar-refractivity contribution in [2.45, 2.75) is 12.1 Å². The molecule has 3 aromatic rings. The van der Waals surface area contributed by atoms with Crippen molar-refractivity contribution in [2.75, 3.05) is 26.1 Å². The van der Waals surface area contributed by atoms with Crippen LogP contribution in [0.2, 0.25) is 0 Å². The lowest BCUT2D eigenvalue weighted by Gasteiger charge is -2.29. The van der Waals surface area contributed by atoms with Gasteiger partial charge in [-0.2, -0.15) is 0 Å². The highest BCUT2D eigenvalue weighted by Crippen LogP contribution is 2.41. The van der Waals surface area contributed by atoms with Crippen molar-refractivity contribution in [3.8, 4) is 5.75 Å². The van der Waals surface area contributed by atoms with Crippen LogP contribution in [0.3, 0.4) is 0 Å². The molecule has 1 aromatic heterocycles. The van der Waals surface area contributed by atoms with Gasteiger partial charge in [0.25, 0.3) is 0 Å². The minimum absolute atomic E-state index is 0.250. The van der Waals surface area contributed by atoms with Gasteiger partial charge in [0.1, 0.15) is 17.8 Å². The van der Waals surface area contributed by atoms with Crippen LogP contribution in [0.15, 0.2) is 64.8 Å². The molecule has 0 saturated carbocycles. The van der Waals surface area contributed by atoms with E-state index in [0.717, 1.165) is 22.6 Å². The maximum absolute atomic E-state index is 13.3. The summed E-state index contributed by atoms with van der Waals surface area (Å²) in [6.45, 7) is 0.347. The first-order chi connectivity index (χ1) is 15.5. The molecule has 3 heterocycles. The number of benzene rings is 2. The molecule has 0 aliphatic carbocycles. The van der Waals surface area contributed by atoms with Gasteiger partial charge in [0, 0.05) is 19.8 Å². The highest BCUT2D eigenvalue weighted by atomic mass is 16.5. The first-order valence-corrected chi connectivity index (χ1v) is 10.2. The summed E-state index contributed by atoms with van der Waals surface area (Å²) >= 11 is 0. The molecule has 2 aromatic carbocycles. The quantitative estimate of drug-likeness (QED) is 0.651. The number of rotatable bonds is 5. The minimum Gasteiger partial charge on any atom is -0.497 e. The third-order valence-corrected chi connectivity index (χ3v) is 5.79. The summed E-state index contributed by atoms with van der Waals surface area (Å²) in [5.41, 5.74) is 2.40. The number of H-pyrrole nitrogens is 1. The second kappa shape index (κ2) is 7.52. The molecule has 9 nitrogen and oxygen atoms in total. The number of imidazole rings is 1. The van der Waals surface area contributed by atoms with Crippen LogP contribution in [-0.2, 0) is 12.1 Å². The number of amidine groups is 1. The Hall–Kier alpha value is -4.14. The molecule has 0 radical (unpaired) electrons. The molecule has 32 heavy (non-hydrogen) atoms. The Labute approximate surface area is 185 Å². The molecule has 2 N–H and O–H groups in total. The first-order valence-electron chi connectivity index (χ1n) is 10.2. The monoisotopic (exact) mass is 429 g/mol. The summed E-state index contributed by atoms with van der Waals surface area (Å²) in [6.07, 6.45) is 3.04. The Morgan fingerprint density at radius 3 is 2.53 bits per heavy atom. The normalized spacial score (nSPS) is 19.0. The van der Waals surface area contributed by atoms with Gasteiger partial charge in [-0.25, -0.2) is 19.8 Å². The average molecular weight is 429 g/mol. The van der Waals surface area contributed by atoms with Gasteiger partial charge in [-0.05, 0) is 35.4 Å². The zero-order valence-corrected chi connectivity index (χ0v) is 18.0. The van der Waals surface area contributed by atoms with E-state index >= 15 is 0 Å². The minimum atomic E-state index is -1.06. The number of hydrogen-bond acceptors (Lipinski definition) is 6. The lowest BCUT2D eigenvalue weighted by atomic mass is 9.85. The van der Waals surface area contributed by atoms with E-state index in [0.29, 0.717) is 23.9 Å². The van der Waals surface area contributed by atoms with Crippen molar-refractivity contribution in [1.29, 1.82) is 0 Å². The number of aromatic amines is 1. The molecule has 1 saturated heterocycles. The predicted molar refractivity (Wildman–Crippen MR) is 123 cm³/mol. The Balaban J connectivity index is 1.61. The average Bonchev–Trinajstić information content (AvgIpc) is 3.34. The van der Waals surface area contributed by atoms with Crippen molar-refractivity contribution < 1.29 is 9.53 Å². The smallest absolute Gasteiger partial charge is 0.324 e. The summed E-state index contributed by atoms with van der Waals surface area (Å²) in [4.78, 5) is 33.6. The second-order valence-electron chi connectivity index (χ2n) is 7.85. The van der Waals surface area contributed by atoms with Crippen LogP contribution >= 0.6 is 0 Å². The van der Waals surface area contributed by atoms with Crippen molar-refractivity contribution in [3.63, 3.8) is 0 Å². The van der Waals surface area contributed by atoms with Crippen molar-refractivity contribution in [3.05, 3.63) is 71.7 Å². The standard InChI is InChI=1S/C23H23N7O2/c1-29(2)17-8-6-16(7-9-17)23-19-20(25-13-24-19)26-14-27-21(23)30(22(31)28-23)12-15-4-10-18(32-3)11-5-15/h4-11,13-14H,12H2,1-3H3,(H,24,25)(H,28,31). The lowest BCUT2D eigenvalue weighted by molar-refractivity contribution is 0.225. The number of aromatic nitrogens is 2. The number of hydrogen-bond donors (Lipinski definition) is 2. The van der Waals surface area contributed by atoms with Crippen LogP contribution < -0.4 is 15.0 Å². The van der Waals surface area contributed by atoms with Gasteiger partial charge in [0.2, 0.25) is 0 Å². The molecule has 1 fully saturated rings. The van der Waals surface area contributed by atoms with E-state index in [9.17, 15) is 4.79 Å². The Bertz CT molecular complexity index is 1210. The number of anilines is 1. The molecule has 0 bridgehead atoms. The first kappa shape index (κ1) is 19.8. The third kappa shape index (κ3) is 3.01. The van der Waals surface area contributed by atoms with Gasteiger partial charge in [-0.3, -0.25) is 4.90 Å². The van der Waals surface area contributed by atoms with E-state index in [4.69, 9.17) is 4.74 Å². The molecule has 2 aliphatic rings. The maximum Gasteiger partial charge on any atom is 0.324 e. The van der Waals surface area contributed by atoms with Crippen LogP contribution in [0.1, 0.15) is 16.8 Å². The van der Waals surface area contributed by atoms with Gasteiger partial charge in [-0.1, -0.05) is 24.3 Å². The number of methoxy groups -OCH3 is 1. The van der Waals surface area contributed by atoms with Crippen LogP contribution in [-0.4, -0.2) is 54.3 Å². The molecular weight excluding hydrogens is 406 g/mol. The highest BCUT2D eigenvalue weighted by molar-refractivity contribution is 6.15. The molecular formula is C23H23N7O2. The van der Waals surface area contributed by atoms with E-state index in [2.05, 4.69) is 25.3 Å². The Kier molecular flexibility index (Phi) is 4.66. The number of urea groups is 1. The summed E-state index contributed by atoms with van der Waals surface area (Å²) < 4.78 is 5.24. The van der Waals surface area contributed by atoms with Crippen molar-refractivity contribution in [1.82, 2.24) is 20.2 Å². The zero-order chi connectivity index (χ0) is 22.3. The number of carbonyl (C=O) groups excluding carboxylic acids is 1. The predicted octanol–water partition coefficient (Wildman–Crippen LogP) is 3.03. The summed E-state index contributed by atoms with van der Waals surface area (Å²) in [5, 5.41) is 3.16. The Morgan fingerprint density at radius 1 is 1.09 bits per heavy atom. The zero-order valence-electron chi connectivity index (χ0n) is 18.0. The molecule has 0 spiro atoms. The van der Waals surface area contributed by atoms with Crippen LogP contribution in [0.5, 0.6) is 5.75 Å². The summed E-state index contributed by atoms with van der Waals surface area (Å²) in [6, 6.07) is 15.4. The third-order valence-electron chi connectivity index (χ3n) is 5.79. The van der Waals surface area contributed by atoms with E-state index in [1.54, 1.807) is 18.3 Å². The summed E-state index contributed by atoms with van der Waals surface area (Å²) in [7, 11) is 5.60. The number of amides is 2. The molecule has 1 unspecified atom stereocenters. The van der Waals surface area contributed by atoms with E-state index < -0.39 is 5.54 Å². The number of nitrogens with zero attached hydrogens (tertiary/aromatic N) is 5. The lowest BCUT2D eigenvalue weighted by Crippen LogP contribution is -2.45. The molecule has 1 atom stereocenters. The van der Waals surface area contributed by atoms with Gasteiger partial charge in [0.05, 0.1) is 20.0 Å². The second-order valence-corrected chi connectivity index (χ2v) is 7.85. The molecule has 2 aliphatic heterocycles. The SMILES string of the molecule is COc1ccc(CN2C(=O)NC3(c4ccc(N(C)C)cc4)C2=NC=Nc2[nH]cnc23)cc1. The Morgan fingerprint density at radius 2 is 1.84 bits per heavy atom. The number of nitrogens with one attached hydrogen (secondary N) is 2. The van der Waals surface area contributed by atoms with Gasteiger partial charge in [-0.15, -0.1) is 0 Å². The van der Waals surface area contributed by atoms with Crippen molar-refractivity contribution in [2.24, 2.45) is 9.98 Å². The number of aliphatic imine (C=N–C) groups is 2. The molecule has 9 heteroatoms. The van der Waals surface area contributed by atoms with Gasteiger partial charge < -0.3 is 19.9 Å². The van der Waals surface area contributed by atoms with Gasteiger partial charge in [0.15, 0.2) is 17.2 Å². The maximum atomic E-state index is 13.3. The van der Waals surface area contributed by atoms with Crippen LogP contribution in [0.4, 0.5) is 16.3 Å². The topological polar surface area (TPSA) is 98.2 Å². The fourth-order valence-corrected chi connectivity index (χ4v) is 4.12. The number of ether oxygens (including phenoxy) is 1. The van der Waals surface area contributed by atoms with Gasteiger partial charge >= 0.3 is 6.03 Å². The fourth-order valence-electron chi connectivity index (χ4n) is 4.12. The summed E-state index contributed by atoms with van der Waals surface area (Å²) in [5.74, 6) is 1.85. The van der Waals surface area contributed by atoms with Crippen LogP contribution in [0, 0.1) is 0 Å². The van der Waals surface area contributed by atoms with E-state index in [-0.39, 0.29) is 6.03 Å². The number of fused-ring (bicyclic) bond motifs is 3. The van der Waals surface area contributed by atoms with Crippen molar-refractivity contribution >= 4 is 29.7 Å². The van der Waals surface area contributed by atoms with E-state index in [1.807, 2.05) is 67.5 Å². The largest absolute Gasteiger partial charge is 0.497 e. The molecule has 2 amide bonds. The van der Waals surface area contributed by atoms with Crippen LogP contribution in [0.25, 0.3) is 0 Å². The molecule has 5 rings (SSSR count).